The molecule has 1 N–H and O–H groups in total. The van der Waals surface area contributed by atoms with E-state index < -0.39 is 5.60 Å². The Balaban J connectivity index is 1.62. The molecule has 1 aromatic rings. The third-order valence-electron chi connectivity index (χ3n) is 5.67. The number of anilines is 1. The Morgan fingerprint density at radius 3 is 2.54 bits per heavy atom. The highest BCUT2D eigenvalue weighted by atomic mass is 16.5. The van der Waals surface area contributed by atoms with Gasteiger partial charge in [-0.3, -0.25) is 4.79 Å². The Morgan fingerprint density at radius 1 is 1.15 bits per heavy atom. The van der Waals surface area contributed by atoms with Crippen molar-refractivity contribution in [2.75, 3.05) is 11.9 Å². The van der Waals surface area contributed by atoms with Crippen LogP contribution in [0.15, 0.2) is 24.3 Å². The maximum absolute atomic E-state index is 13.0. The number of rotatable bonds is 7. The van der Waals surface area contributed by atoms with Gasteiger partial charge in [-0.05, 0) is 81.5 Å². The average molecular weight is 360 g/mol. The molecular weight excluding hydrogens is 326 g/mol. The van der Waals surface area contributed by atoms with Crippen LogP contribution in [0, 0.1) is 5.92 Å². The van der Waals surface area contributed by atoms with Crippen molar-refractivity contribution in [1.82, 2.24) is 0 Å². The van der Waals surface area contributed by atoms with E-state index in [9.17, 15) is 4.79 Å². The van der Waals surface area contributed by atoms with E-state index in [2.05, 4.69) is 19.2 Å². The van der Waals surface area contributed by atoms with Crippen LogP contribution in [0.3, 0.4) is 0 Å². The van der Waals surface area contributed by atoms with Gasteiger partial charge in [0.1, 0.15) is 11.4 Å². The summed E-state index contributed by atoms with van der Waals surface area (Å²) in [5, 5.41) is 3.08. The summed E-state index contributed by atoms with van der Waals surface area (Å²) in [4.78, 5) is 13.0. The molecule has 26 heavy (non-hydrogen) atoms. The van der Waals surface area contributed by atoms with Crippen molar-refractivity contribution in [2.24, 2.45) is 5.92 Å². The van der Waals surface area contributed by atoms with E-state index in [1.165, 1.54) is 19.3 Å². The van der Waals surface area contributed by atoms with Gasteiger partial charge in [0.25, 0.3) is 5.91 Å². The summed E-state index contributed by atoms with van der Waals surface area (Å²) >= 11 is 0. The molecule has 0 spiro atoms. The maximum atomic E-state index is 13.0. The number of benzene rings is 1. The van der Waals surface area contributed by atoms with Crippen molar-refractivity contribution >= 4 is 11.6 Å². The fourth-order valence-corrected chi connectivity index (χ4v) is 4.26. The number of carbonyl (C=O) groups is 1. The second kappa shape index (κ2) is 8.90. The molecule has 3 rings (SSSR count). The molecule has 0 radical (unpaired) electrons. The zero-order valence-electron chi connectivity index (χ0n) is 16.3. The highest BCUT2D eigenvalue weighted by Gasteiger charge is 2.42. The lowest BCUT2D eigenvalue weighted by molar-refractivity contribution is -0.148. The van der Waals surface area contributed by atoms with Gasteiger partial charge < -0.3 is 14.8 Å². The Bertz CT molecular complexity index is 580. The zero-order chi connectivity index (χ0) is 18.4. The Morgan fingerprint density at radius 2 is 1.88 bits per heavy atom. The minimum Gasteiger partial charge on any atom is -0.490 e. The normalized spacial score (nSPS) is 26.6. The average Bonchev–Trinajstić information content (AvgIpc) is 3.14. The van der Waals surface area contributed by atoms with Crippen molar-refractivity contribution in [3.05, 3.63) is 24.3 Å². The molecule has 4 heteroatoms. The summed E-state index contributed by atoms with van der Waals surface area (Å²) in [7, 11) is 0. The van der Waals surface area contributed by atoms with E-state index in [-0.39, 0.29) is 5.91 Å². The van der Waals surface area contributed by atoms with Crippen LogP contribution >= 0.6 is 0 Å². The first-order valence-corrected chi connectivity index (χ1v) is 10.3. The van der Waals surface area contributed by atoms with Crippen LogP contribution in [0.4, 0.5) is 5.69 Å². The first-order chi connectivity index (χ1) is 12.6. The number of ether oxygens (including phenoxy) is 2. The molecule has 0 saturated heterocycles. The summed E-state index contributed by atoms with van der Waals surface area (Å²) < 4.78 is 12.1. The lowest BCUT2D eigenvalue weighted by atomic mass is 9.78. The molecule has 2 atom stereocenters. The van der Waals surface area contributed by atoms with Crippen molar-refractivity contribution < 1.29 is 14.3 Å². The molecule has 2 fully saturated rings. The minimum atomic E-state index is -0.674. The summed E-state index contributed by atoms with van der Waals surface area (Å²) in [6, 6.07) is 7.78. The van der Waals surface area contributed by atoms with Gasteiger partial charge in [0, 0.05) is 12.3 Å². The molecule has 0 unspecified atom stereocenters. The largest absolute Gasteiger partial charge is 0.490 e. The van der Waals surface area contributed by atoms with Crippen LogP contribution < -0.4 is 10.1 Å². The fourth-order valence-electron chi connectivity index (χ4n) is 4.26. The van der Waals surface area contributed by atoms with Gasteiger partial charge in [0.05, 0.1) is 6.10 Å². The molecule has 0 aliphatic heterocycles. The number of carbonyl (C=O) groups excluding carboxylic acids is 1. The molecule has 1 amide bonds. The molecule has 2 aliphatic carbocycles. The quantitative estimate of drug-likeness (QED) is 0.716. The van der Waals surface area contributed by atoms with Gasteiger partial charge >= 0.3 is 0 Å². The van der Waals surface area contributed by atoms with Crippen LogP contribution in [0.1, 0.15) is 71.6 Å². The van der Waals surface area contributed by atoms with Crippen LogP contribution in [0.2, 0.25) is 0 Å². The molecule has 2 aliphatic rings. The van der Waals surface area contributed by atoms with Crippen molar-refractivity contribution in [2.45, 2.75) is 83.3 Å². The lowest BCUT2D eigenvalue weighted by Gasteiger charge is -2.38. The standard InChI is InChI=1S/C22H33NO3/c1-3-15-25-22(14-6-7-17(2)16-22)21(24)23-18-10-12-20(13-11-18)26-19-8-4-5-9-19/h10-13,17,19H,3-9,14-16H2,1-2H3,(H,23,24)/t17-,22-/m0/s1. The Kier molecular flexibility index (Phi) is 6.58. The van der Waals surface area contributed by atoms with Gasteiger partial charge in [0.2, 0.25) is 0 Å². The number of hydrogen-bond acceptors (Lipinski definition) is 3. The van der Waals surface area contributed by atoms with Crippen LogP contribution in [-0.2, 0) is 9.53 Å². The third-order valence-corrected chi connectivity index (χ3v) is 5.67. The molecule has 1 aromatic carbocycles. The molecule has 0 aromatic heterocycles. The van der Waals surface area contributed by atoms with Crippen LogP contribution in [0.25, 0.3) is 0 Å². The first-order valence-electron chi connectivity index (χ1n) is 10.3. The second-order valence-electron chi connectivity index (χ2n) is 8.05. The molecule has 4 nitrogen and oxygen atoms in total. The van der Waals surface area contributed by atoms with Crippen LogP contribution in [-0.4, -0.2) is 24.2 Å². The molecular formula is C22H33NO3. The zero-order valence-corrected chi connectivity index (χ0v) is 16.3. The highest BCUT2D eigenvalue weighted by molar-refractivity contribution is 5.97. The third kappa shape index (κ3) is 4.79. The lowest BCUT2D eigenvalue weighted by Crippen LogP contribution is -2.48. The summed E-state index contributed by atoms with van der Waals surface area (Å²) in [6.45, 7) is 4.93. The fraction of sp³-hybridized carbons (Fsp3) is 0.682. The highest BCUT2D eigenvalue weighted by Crippen LogP contribution is 2.36. The number of amides is 1. The smallest absolute Gasteiger partial charge is 0.256 e. The van der Waals surface area contributed by atoms with Gasteiger partial charge in [-0.2, -0.15) is 0 Å². The van der Waals surface area contributed by atoms with E-state index in [1.807, 2.05) is 24.3 Å². The van der Waals surface area contributed by atoms with E-state index in [1.54, 1.807) is 0 Å². The number of hydrogen-bond donors (Lipinski definition) is 1. The van der Waals surface area contributed by atoms with Gasteiger partial charge in [-0.1, -0.05) is 20.3 Å². The molecule has 0 bridgehead atoms. The summed E-state index contributed by atoms with van der Waals surface area (Å²) in [5.41, 5.74) is 0.138. The van der Waals surface area contributed by atoms with Crippen molar-refractivity contribution in [3.8, 4) is 5.75 Å². The Labute approximate surface area is 157 Å². The maximum Gasteiger partial charge on any atom is 0.256 e. The first kappa shape index (κ1) is 19.2. The Hall–Kier alpha value is -1.55. The molecule has 144 valence electrons. The van der Waals surface area contributed by atoms with E-state index in [0.29, 0.717) is 18.6 Å². The monoisotopic (exact) mass is 359 g/mol. The summed E-state index contributed by atoms with van der Waals surface area (Å²) in [6.07, 6.45) is 9.94. The number of nitrogens with one attached hydrogen (secondary N) is 1. The van der Waals surface area contributed by atoms with Crippen LogP contribution in [0.5, 0.6) is 5.75 Å². The summed E-state index contributed by atoms with van der Waals surface area (Å²) in [5.74, 6) is 1.41. The molecule has 2 saturated carbocycles. The predicted molar refractivity (Wildman–Crippen MR) is 105 cm³/mol. The van der Waals surface area contributed by atoms with E-state index >= 15 is 0 Å². The topological polar surface area (TPSA) is 47.6 Å². The minimum absolute atomic E-state index is 0.00182. The predicted octanol–water partition coefficient (Wildman–Crippen LogP) is 5.32. The van der Waals surface area contributed by atoms with E-state index in [0.717, 1.165) is 50.0 Å². The van der Waals surface area contributed by atoms with Gasteiger partial charge in [-0.15, -0.1) is 0 Å². The van der Waals surface area contributed by atoms with E-state index in [4.69, 9.17) is 9.47 Å². The van der Waals surface area contributed by atoms with Crippen molar-refractivity contribution in [3.63, 3.8) is 0 Å². The van der Waals surface area contributed by atoms with Gasteiger partial charge in [0.15, 0.2) is 0 Å². The van der Waals surface area contributed by atoms with Gasteiger partial charge in [-0.25, -0.2) is 0 Å². The SMILES string of the molecule is CCCO[C@@]1(C(=O)Nc2ccc(OC3CCCC3)cc2)CCC[C@H](C)C1. The van der Waals surface area contributed by atoms with Crippen molar-refractivity contribution in [1.29, 1.82) is 0 Å². The second-order valence-corrected chi connectivity index (χ2v) is 8.05. The molecule has 0 heterocycles.